The summed E-state index contributed by atoms with van der Waals surface area (Å²) in [5.74, 6) is -0.770. The largest absolute Gasteiger partial charge is 0.377 e. The molecule has 2 aliphatic rings. The van der Waals surface area contributed by atoms with Gasteiger partial charge in [-0.1, -0.05) is 0 Å². The third kappa shape index (κ3) is 4.32. The van der Waals surface area contributed by atoms with E-state index in [0.29, 0.717) is 19.7 Å². The van der Waals surface area contributed by atoms with Crippen molar-refractivity contribution in [2.45, 2.75) is 37.8 Å². The van der Waals surface area contributed by atoms with Crippen LogP contribution >= 0.6 is 0 Å². The zero-order chi connectivity index (χ0) is 16.3. The molecule has 0 aliphatic carbocycles. The van der Waals surface area contributed by atoms with Crippen molar-refractivity contribution in [3.05, 3.63) is 18.5 Å². The third-order valence-electron chi connectivity index (χ3n) is 4.46. The number of ether oxygens (including phenoxy) is 1. The molecule has 0 aromatic carbocycles. The molecule has 0 saturated carbocycles. The molecule has 0 radical (unpaired) electrons. The predicted molar refractivity (Wildman–Crippen MR) is 84.7 cm³/mol. The van der Waals surface area contributed by atoms with Gasteiger partial charge in [0.2, 0.25) is 5.91 Å². The van der Waals surface area contributed by atoms with Crippen LogP contribution in [0.1, 0.15) is 31.7 Å². The lowest BCUT2D eigenvalue weighted by atomic mass is 10.1. The molecule has 2 aliphatic heterocycles. The van der Waals surface area contributed by atoms with E-state index in [4.69, 9.17) is 4.74 Å². The number of hydrogen-bond acceptors (Lipinski definition) is 5. The van der Waals surface area contributed by atoms with Crippen molar-refractivity contribution in [2.24, 2.45) is 0 Å². The minimum Gasteiger partial charge on any atom is -0.377 e. The lowest BCUT2D eigenvalue weighted by Crippen LogP contribution is -2.44. The van der Waals surface area contributed by atoms with Crippen molar-refractivity contribution >= 4 is 15.7 Å². The highest BCUT2D eigenvalue weighted by Crippen LogP contribution is 2.21. The number of likely N-dealkylation sites (tertiary alicyclic amines) is 1. The molecule has 8 heteroatoms. The summed E-state index contributed by atoms with van der Waals surface area (Å²) in [5.41, 5.74) is 0. The molecule has 1 aromatic rings. The van der Waals surface area contributed by atoms with Crippen LogP contribution in [-0.4, -0.2) is 66.3 Å². The molecule has 0 N–H and O–H groups in total. The molecular formula is C15H23N3O4S. The first-order chi connectivity index (χ1) is 11.0. The van der Waals surface area contributed by atoms with Gasteiger partial charge >= 0.3 is 0 Å². The number of amides is 1. The van der Waals surface area contributed by atoms with E-state index in [1.807, 2.05) is 16.9 Å². The Balaban J connectivity index is 1.56. The molecule has 2 fully saturated rings. The summed E-state index contributed by atoms with van der Waals surface area (Å²) in [4.78, 5) is 14.0. The van der Waals surface area contributed by atoms with Crippen LogP contribution in [0.15, 0.2) is 18.5 Å². The molecule has 2 atom stereocenters. The first-order valence-corrected chi connectivity index (χ1v) is 9.94. The van der Waals surface area contributed by atoms with Gasteiger partial charge in [-0.25, -0.2) is 8.42 Å². The summed E-state index contributed by atoms with van der Waals surface area (Å²) in [5, 5.41) is 4.22. The standard InChI is InChI=1S/C15H23N3O4S/c19-15(12-23(20,21)11-14-5-2-9-22-14)17-7-1-4-13(10-17)18-8-3-6-16-18/h3,6,8,13-14H,1-2,4-5,7,9-12H2/t13-,14+/m1/s1. The van der Waals surface area contributed by atoms with Gasteiger partial charge in [-0.05, 0) is 31.7 Å². The number of rotatable bonds is 5. The summed E-state index contributed by atoms with van der Waals surface area (Å²) in [6, 6.07) is 1.98. The lowest BCUT2D eigenvalue weighted by molar-refractivity contribution is -0.130. The molecule has 2 saturated heterocycles. The number of sulfone groups is 1. The van der Waals surface area contributed by atoms with Crippen LogP contribution in [0.5, 0.6) is 0 Å². The maximum absolute atomic E-state index is 12.4. The molecule has 7 nitrogen and oxygen atoms in total. The van der Waals surface area contributed by atoms with Crippen LogP contribution in [0, 0.1) is 0 Å². The Labute approximate surface area is 136 Å². The maximum Gasteiger partial charge on any atom is 0.237 e. The molecule has 1 amide bonds. The van der Waals surface area contributed by atoms with Crippen molar-refractivity contribution in [2.75, 3.05) is 31.2 Å². The van der Waals surface area contributed by atoms with Crippen LogP contribution in [0.3, 0.4) is 0 Å². The molecular weight excluding hydrogens is 318 g/mol. The van der Waals surface area contributed by atoms with E-state index in [1.165, 1.54) is 0 Å². The second-order valence-corrected chi connectivity index (χ2v) is 8.42. The van der Waals surface area contributed by atoms with E-state index < -0.39 is 15.6 Å². The van der Waals surface area contributed by atoms with Gasteiger partial charge in [0.15, 0.2) is 9.84 Å². The number of carbonyl (C=O) groups is 1. The summed E-state index contributed by atoms with van der Waals surface area (Å²) in [7, 11) is -3.42. The Hall–Kier alpha value is -1.41. The summed E-state index contributed by atoms with van der Waals surface area (Å²) >= 11 is 0. The van der Waals surface area contributed by atoms with E-state index in [-0.39, 0.29) is 23.8 Å². The number of nitrogens with zero attached hydrogens (tertiary/aromatic N) is 3. The first kappa shape index (κ1) is 16.4. The van der Waals surface area contributed by atoms with Crippen molar-refractivity contribution in [3.63, 3.8) is 0 Å². The Morgan fingerprint density at radius 1 is 1.30 bits per heavy atom. The van der Waals surface area contributed by atoms with E-state index in [1.54, 1.807) is 11.1 Å². The van der Waals surface area contributed by atoms with E-state index >= 15 is 0 Å². The third-order valence-corrected chi connectivity index (χ3v) is 6.02. The fourth-order valence-electron chi connectivity index (χ4n) is 3.29. The number of hydrogen-bond donors (Lipinski definition) is 0. The van der Waals surface area contributed by atoms with Gasteiger partial charge < -0.3 is 9.64 Å². The Morgan fingerprint density at radius 2 is 2.17 bits per heavy atom. The van der Waals surface area contributed by atoms with E-state index in [9.17, 15) is 13.2 Å². The second kappa shape index (κ2) is 7.00. The predicted octanol–water partition coefficient (Wildman–Crippen LogP) is 0.640. The van der Waals surface area contributed by atoms with Gasteiger partial charge in [0.25, 0.3) is 0 Å². The summed E-state index contributed by atoms with van der Waals surface area (Å²) < 4.78 is 31.6. The van der Waals surface area contributed by atoms with Gasteiger partial charge in [0.05, 0.1) is 17.9 Å². The fraction of sp³-hybridized carbons (Fsp3) is 0.733. The molecule has 0 spiro atoms. The van der Waals surface area contributed by atoms with Crippen molar-refractivity contribution < 1.29 is 17.9 Å². The zero-order valence-electron chi connectivity index (χ0n) is 13.1. The molecule has 1 aromatic heterocycles. The first-order valence-electron chi connectivity index (χ1n) is 8.12. The maximum atomic E-state index is 12.4. The van der Waals surface area contributed by atoms with Gasteiger partial charge in [0.1, 0.15) is 5.75 Å². The normalized spacial score (nSPS) is 25.7. The van der Waals surface area contributed by atoms with Gasteiger partial charge in [-0.3, -0.25) is 9.48 Å². The van der Waals surface area contributed by atoms with Crippen molar-refractivity contribution in [3.8, 4) is 0 Å². The quantitative estimate of drug-likeness (QED) is 0.785. The number of carbonyl (C=O) groups excluding carboxylic acids is 1. The van der Waals surface area contributed by atoms with Crippen LogP contribution in [0.4, 0.5) is 0 Å². The smallest absolute Gasteiger partial charge is 0.237 e. The average Bonchev–Trinajstić information content (AvgIpc) is 3.19. The Bertz CT molecular complexity index is 623. The van der Waals surface area contributed by atoms with Gasteiger partial charge in [-0.15, -0.1) is 0 Å². The lowest BCUT2D eigenvalue weighted by Gasteiger charge is -2.32. The van der Waals surface area contributed by atoms with Crippen LogP contribution in [-0.2, 0) is 19.4 Å². The van der Waals surface area contributed by atoms with E-state index in [2.05, 4.69) is 5.10 Å². The zero-order valence-corrected chi connectivity index (χ0v) is 14.0. The van der Waals surface area contributed by atoms with Crippen molar-refractivity contribution in [1.29, 1.82) is 0 Å². The van der Waals surface area contributed by atoms with Crippen LogP contribution < -0.4 is 0 Å². The highest BCUT2D eigenvalue weighted by molar-refractivity contribution is 7.92. The highest BCUT2D eigenvalue weighted by atomic mass is 32.2. The molecule has 128 valence electrons. The molecule has 3 rings (SSSR count). The van der Waals surface area contributed by atoms with Crippen molar-refractivity contribution in [1.82, 2.24) is 14.7 Å². The fourth-order valence-corrected chi connectivity index (χ4v) is 4.80. The van der Waals surface area contributed by atoms with Gasteiger partial charge in [-0.2, -0.15) is 5.10 Å². The molecule has 0 unspecified atom stereocenters. The molecule has 23 heavy (non-hydrogen) atoms. The minimum absolute atomic E-state index is 0.0465. The summed E-state index contributed by atoms with van der Waals surface area (Å²) in [6.45, 7) is 1.76. The number of aromatic nitrogens is 2. The highest BCUT2D eigenvalue weighted by Gasteiger charge is 2.30. The van der Waals surface area contributed by atoms with Crippen LogP contribution in [0.25, 0.3) is 0 Å². The average molecular weight is 341 g/mol. The van der Waals surface area contributed by atoms with Crippen LogP contribution in [0.2, 0.25) is 0 Å². The monoisotopic (exact) mass is 341 g/mol. The molecule has 3 heterocycles. The SMILES string of the molecule is O=C(CS(=O)(=O)C[C@@H]1CCCO1)N1CCC[C@@H](n2cccn2)C1. The van der Waals surface area contributed by atoms with Gasteiger partial charge in [0, 0.05) is 32.1 Å². The van der Waals surface area contributed by atoms with E-state index in [0.717, 1.165) is 25.7 Å². The topological polar surface area (TPSA) is 81.5 Å². The Kier molecular flexibility index (Phi) is 5.01. The number of piperidine rings is 1. The Morgan fingerprint density at radius 3 is 2.87 bits per heavy atom. The second-order valence-electron chi connectivity index (χ2n) is 6.31. The minimum atomic E-state index is -3.42. The summed E-state index contributed by atoms with van der Waals surface area (Å²) in [6.07, 6.45) is 6.83. The molecule has 0 bridgehead atoms.